The molecular formula is C17H19N. The van der Waals surface area contributed by atoms with E-state index in [1.807, 2.05) is 0 Å². The molecule has 0 aliphatic carbocycles. The van der Waals surface area contributed by atoms with Gasteiger partial charge in [0.05, 0.1) is 12.1 Å². The number of nitrogens with zero attached hydrogens (tertiary/aromatic N) is 1. The lowest BCUT2D eigenvalue weighted by molar-refractivity contribution is 0.401. The van der Waals surface area contributed by atoms with Crippen LogP contribution in [0.25, 0.3) is 0 Å². The largest absolute Gasteiger partial charge is 0.283 e. The van der Waals surface area contributed by atoms with Crippen LogP contribution in [0.15, 0.2) is 60.7 Å². The van der Waals surface area contributed by atoms with E-state index in [0.717, 1.165) is 0 Å². The van der Waals surface area contributed by atoms with Crippen LogP contribution < -0.4 is 0 Å². The molecule has 1 heterocycles. The van der Waals surface area contributed by atoms with Crippen LogP contribution in [0.5, 0.6) is 0 Å². The summed E-state index contributed by atoms with van der Waals surface area (Å²) in [7, 11) is 0. The van der Waals surface area contributed by atoms with Crippen LogP contribution >= 0.6 is 0 Å². The summed E-state index contributed by atoms with van der Waals surface area (Å²) in [6.07, 6.45) is 0. The summed E-state index contributed by atoms with van der Waals surface area (Å²) in [5.74, 6) is 0. The molecule has 1 aliphatic rings. The fourth-order valence-electron chi connectivity index (χ4n) is 2.90. The maximum Gasteiger partial charge on any atom is 0.0555 e. The Hall–Kier alpha value is -1.60. The highest BCUT2D eigenvalue weighted by Gasteiger charge is 2.50. The molecule has 0 aromatic heterocycles. The molecule has 2 aromatic rings. The Labute approximate surface area is 109 Å². The second-order valence-corrected chi connectivity index (χ2v) is 5.25. The van der Waals surface area contributed by atoms with E-state index in [1.165, 1.54) is 11.1 Å². The van der Waals surface area contributed by atoms with Crippen LogP contribution in [0, 0.1) is 0 Å². The summed E-state index contributed by atoms with van der Waals surface area (Å²) in [4.78, 5) is 2.57. The van der Waals surface area contributed by atoms with Crippen molar-refractivity contribution in [3.8, 4) is 0 Å². The van der Waals surface area contributed by atoms with Gasteiger partial charge in [0.25, 0.3) is 0 Å². The molecule has 1 nitrogen and oxygen atoms in total. The molecule has 2 aromatic carbocycles. The third kappa shape index (κ3) is 1.95. The Balaban J connectivity index is 1.91. The lowest BCUT2D eigenvalue weighted by atomic mass is 10.0. The summed E-state index contributed by atoms with van der Waals surface area (Å²) in [6, 6.07) is 23.3. The molecule has 0 bridgehead atoms. The van der Waals surface area contributed by atoms with E-state index in [0.29, 0.717) is 18.1 Å². The van der Waals surface area contributed by atoms with E-state index < -0.39 is 0 Å². The van der Waals surface area contributed by atoms with Crippen molar-refractivity contribution in [2.45, 2.75) is 32.0 Å². The number of benzene rings is 2. The monoisotopic (exact) mass is 237 g/mol. The van der Waals surface area contributed by atoms with Gasteiger partial charge in [0.2, 0.25) is 0 Å². The lowest BCUT2D eigenvalue weighted by Gasteiger charge is -2.07. The topological polar surface area (TPSA) is 3.01 Å². The summed E-state index contributed by atoms with van der Waals surface area (Å²) >= 11 is 0. The number of hydrogen-bond donors (Lipinski definition) is 0. The highest BCUT2D eigenvalue weighted by molar-refractivity contribution is 5.35. The predicted molar refractivity (Wildman–Crippen MR) is 75.3 cm³/mol. The molecule has 1 heteroatoms. The quantitative estimate of drug-likeness (QED) is 0.723. The molecule has 0 unspecified atom stereocenters. The lowest BCUT2D eigenvalue weighted by Crippen LogP contribution is -2.10. The number of rotatable bonds is 3. The zero-order valence-corrected chi connectivity index (χ0v) is 11.0. The van der Waals surface area contributed by atoms with Gasteiger partial charge >= 0.3 is 0 Å². The minimum atomic E-state index is 0.550. The van der Waals surface area contributed by atoms with Crippen molar-refractivity contribution in [3.63, 3.8) is 0 Å². The van der Waals surface area contributed by atoms with Gasteiger partial charge < -0.3 is 0 Å². The van der Waals surface area contributed by atoms with Gasteiger partial charge in [-0.2, -0.15) is 0 Å². The maximum atomic E-state index is 2.57. The van der Waals surface area contributed by atoms with Gasteiger partial charge in [0.1, 0.15) is 0 Å². The molecule has 1 fully saturated rings. The first-order chi connectivity index (χ1) is 8.79. The predicted octanol–water partition coefficient (Wildman–Crippen LogP) is 4.19. The molecule has 0 spiro atoms. The molecule has 3 rings (SSSR count). The summed E-state index contributed by atoms with van der Waals surface area (Å²) in [5.41, 5.74) is 2.86. The molecule has 0 saturated carbocycles. The summed E-state index contributed by atoms with van der Waals surface area (Å²) in [5, 5.41) is 0. The van der Waals surface area contributed by atoms with E-state index in [2.05, 4.69) is 79.4 Å². The van der Waals surface area contributed by atoms with Crippen LogP contribution in [0.1, 0.15) is 37.1 Å². The minimum absolute atomic E-state index is 0.550. The Morgan fingerprint density at radius 2 is 1.11 bits per heavy atom. The van der Waals surface area contributed by atoms with E-state index in [-0.39, 0.29) is 0 Å². The first-order valence-corrected chi connectivity index (χ1v) is 6.66. The molecule has 2 atom stereocenters. The van der Waals surface area contributed by atoms with E-state index in [1.54, 1.807) is 0 Å². The van der Waals surface area contributed by atoms with Crippen molar-refractivity contribution in [2.75, 3.05) is 0 Å². The molecule has 0 amide bonds. The Morgan fingerprint density at radius 1 is 0.722 bits per heavy atom. The highest BCUT2D eigenvalue weighted by Crippen LogP contribution is 2.55. The first kappa shape index (κ1) is 11.5. The second-order valence-electron chi connectivity index (χ2n) is 5.25. The van der Waals surface area contributed by atoms with E-state index in [4.69, 9.17) is 0 Å². The standard InChI is InChI=1S/C17H19N/c1-13(2)18-16(14-9-5-3-6-10-14)17(18)15-11-7-4-8-12-15/h3-13,16-17H,1-2H3/t16-,17-/m1/s1. The van der Waals surface area contributed by atoms with Gasteiger partial charge in [-0.15, -0.1) is 0 Å². The van der Waals surface area contributed by atoms with Crippen LogP contribution in [0.4, 0.5) is 0 Å². The maximum absolute atomic E-state index is 2.57. The average molecular weight is 237 g/mol. The van der Waals surface area contributed by atoms with Gasteiger partial charge in [0, 0.05) is 6.04 Å². The van der Waals surface area contributed by atoms with Gasteiger partial charge in [-0.05, 0) is 25.0 Å². The van der Waals surface area contributed by atoms with Gasteiger partial charge in [-0.1, -0.05) is 60.7 Å². The molecule has 1 aliphatic heterocycles. The normalized spacial score (nSPS) is 26.3. The van der Waals surface area contributed by atoms with E-state index in [9.17, 15) is 0 Å². The zero-order chi connectivity index (χ0) is 12.5. The fraction of sp³-hybridized carbons (Fsp3) is 0.294. The van der Waals surface area contributed by atoms with Crippen molar-refractivity contribution in [2.24, 2.45) is 0 Å². The Bertz CT molecular complexity index is 458. The van der Waals surface area contributed by atoms with Crippen molar-refractivity contribution in [3.05, 3.63) is 71.8 Å². The Kier molecular flexibility index (Phi) is 2.92. The number of hydrogen-bond acceptors (Lipinski definition) is 1. The summed E-state index contributed by atoms with van der Waals surface area (Å²) in [6.45, 7) is 4.55. The smallest absolute Gasteiger partial charge is 0.0555 e. The van der Waals surface area contributed by atoms with Crippen LogP contribution in [-0.2, 0) is 0 Å². The van der Waals surface area contributed by atoms with Crippen molar-refractivity contribution < 1.29 is 0 Å². The second kappa shape index (κ2) is 4.58. The molecular weight excluding hydrogens is 218 g/mol. The minimum Gasteiger partial charge on any atom is -0.283 e. The van der Waals surface area contributed by atoms with Gasteiger partial charge in [-0.3, -0.25) is 4.90 Å². The SMILES string of the molecule is CC(C)N1[C@H](c2ccccc2)[C@H]1c1ccccc1. The summed E-state index contributed by atoms with van der Waals surface area (Å²) < 4.78 is 0. The molecule has 92 valence electrons. The molecule has 0 radical (unpaired) electrons. The molecule has 0 N–H and O–H groups in total. The molecule has 1 saturated heterocycles. The fourth-order valence-corrected chi connectivity index (χ4v) is 2.90. The van der Waals surface area contributed by atoms with E-state index >= 15 is 0 Å². The van der Waals surface area contributed by atoms with Crippen molar-refractivity contribution >= 4 is 0 Å². The van der Waals surface area contributed by atoms with Gasteiger partial charge in [0.15, 0.2) is 0 Å². The van der Waals surface area contributed by atoms with Crippen LogP contribution in [-0.4, -0.2) is 10.9 Å². The van der Waals surface area contributed by atoms with Gasteiger partial charge in [-0.25, -0.2) is 0 Å². The zero-order valence-electron chi connectivity index (χ0n) is 11.0. The molecule has 18 heavy (non-hydrogen) atoms. The highest BCUT2D eigenvalue weighted by atomic mass is 15.4. The first-order valence-electron chi connectivity index (χ1n) is 6.66. The third-order valence-corrected chi connectivity index (χ3v) is 3.73. The third-order valence-electron chi connectivity index (χ3n) is 3.73. The Morgan fingerprint density at radius 3 is 1.44 bits per heavy atom. The van der Waals surface area contributed by atoms with Crippen LogP contribution in [0.2, 0.25) is 0 Å². The van der Waals surface area contributed by atoms with Crippen molar-refractivity contribution in [1.29, 1.82) is 0 Å². The van der Waals surface area contributed by atoms with Crippen molar-refractivity contribution in [1.82, 2.24) is 4.90 Å². The average Bonchev–Trinajstić information content (AvgIpc) is 3.16. The van der Waals surface area contributed by atoms with Crippen LogP contribution in [0.3, 0.4) is 0 Å².